The minimum absolute atomic E-state index is 0.217. The molecular weight excluding hydrogens is 991 g/mol. The third-order valence-corrected chi connectivity index (χ3v) is 14.9. The number of carbonyl (C=O) groups excluding carboxylic acids is 1. The van der Waals surface area contributed by atoms with Gasteiger partial charge in [-0.25, -0.2) is 0 Å². The molecule has 0 spiro atoms. The number of rotatable bonds is 49. The number of aliphatic hydroxyl groups excluding tert-OH is 8. The molecule has 12 unspecified atom stereocenters. The van der Waals surface area contributed by atoms with Gasteiger partial charge in [0.1, 0.15) is 48.8 Å². The van der Waals surface area contributed by atoms with Crippen LogP contribution < -0.4 is 5.32 Å². The zero-order chi connectivity index (χ0) is 56.7. The maximum Gasteiger partial charge on any atom is 0.220 e. The number of hydrogen-bond acceptors (Lipinski definition) is 13. The molecule has 2 aliphatic rings. The number of nitrogens with one attached hydrogen (secondary N) is 1. The third kappa shape index (κ3) is 34.0. The standard InChI is InChI=1S/C64H113NO13/c1-3-5-7-8-9-10-11-12-13-14-15-16-17-18-19-20-21-22-23-24-25-26-27-28-29-30-31-32-33-34-35-36-37-38-39-40-41-42-43-44-46-48-56(69)65-52(53(68)47-45-6-4-2)51-75-63-61(74)59(72)62(55(50-67)77-63)78-64-60(73)58(71)57(70)54(49-66)76-64/h5,7,9-10,12-13,15-16,18-19,21-22,52-55,57-64,66-68,70-74H,3-4,6,8,11,14,17,20,23-51H2,1-2H3,(H,65,69)/b7-5-,10-9-,13-12-,16-15-,19-18-,22-21-. The van der Waals surface area contributed by atoms with Gasteiger partial charge < -0.3 is 65.1 Å². The molecule has 0 aromatic rings. The van der Waals surface area contributed by atoms with E-state index in [2.05, 4.69) is 92.1 Å². The molecule has 0 saturated carbocycles. The summed E-state index contributed by atoms with van der Waals surface area (Å²) in [6.45, 7) is 2.56. The first kappa shape index (κ1) is 71.5. The van der Waals surface area contributed by atoms with Crippen LogP contribution in [-0.2, 0) is 23.7 Å². The average molecular weight is 1100 g/mol. The van der Waals surface area contributed by atoms with Gasteiger partial charge in [0.15, 0.2) is 12.6 Å². The molecule has 14 nitrogen and oxygen atoms in total. The zero-order valence-electron chi connectivity index (χ0n) is 48.6. The van der Waals surface area contributed by atoms with Crippen LogP contribution in [0.5, 0.6) is 0 Å². The van der Waals surface area contributed by atoms with Crippen molar-refractivity contribution in [2.75, 3.05) is 19.8 Å². The van der Waals surface area contributed by atoms with E-state index in [-0.39, 0.29) is 12.5 Å². The van der Waals surface area contributed by atoms with Gasteiger partial charge in [-0.1, -0.05) is 234 Å². The van der Waals surface area contributed by atoms with Crippen LogP contribution in [0.4, 0.5) is 0 Å². The Labute approximate surface area is 472 Å². The summed E-state index contributed by atoms with van der Waals surface area (Å²) in [5.74, 6) is -0.217. The van der Waals surface area contributed by atoms with Gasteiger partial charge in [0.2, 0.25) is 5.91 Å². The fraction of sp³-hybridized carbons (Fsp3) is 0.797. The molecule has 2 aliphatic heterocycles. The summed E-state index contributed by atoms with van der Waals surface area (Å²) in [5, 5.41) is 86.2. The van der Waals surface area contributed by atoms with Crippen LogP contribution in [-0.4, -0.2) is 140 Å². The highest BCUT2D eigenvalue weighted by Crippen LogP contribution is 2.30. The Morgan fingerprint density at radius 2 is 0.885 bits per heavy atom. The molecule has 0 radical (unpaired) electrons. The van der Waals surface area contributed by atoms with Crippen molar-refractivity contribution < 1.29 is 64.6 Å². The molecule has 2 fully saturated rings. The van der Waals surface area contributed by atoms with Crippen molar-refractivity contribution in [3.63, 3.8) is 0 Å². The van der Waals surface area contributed by atoms with Crippen LogP contribution in [0, 0.1) is 0 Å². The van der Waals surface area contributed by atoms with Gasteiger partial charge in [0.05, 0.1) is 32.0 Å². The van der Waals surface area contributed by atoms with Gasteiger partial charge in [0, 0.05) is 6.42 Å². The summed E-state index contributed by atoms with van der Waals surface area (Å²) in [6.07, 6.45) is 49.3. The molecule has 452 valence electrons. The van der Waals surface area contributed by atoms with Crippen LogP contribution in [0.1, 0.15) is 232 Å². The van der Waals surface area contributed by atoms with Crippen molar-refractivity contribution >= 4 is 5.91 Å². The largest absolute Gasteiger partial charge is 0.394 e. The van der Waals surface area contributed by atoms with Gasteiger partial charge in [-0.2, -0.15) is 0 Å². The minimum Gasteiger partial charge on any atom is -0.394 e. The van der Waals surface area contributed by atoms with Crippen LogP contribution in [0.3, 0.4) is 0 Å². The summed E-state index contributed by atoms with van der Waals surface area (Å²) in [4.78, 5) is 13.1. The van der Waals surface area contributed by atoms with E-state index in [1.165, 1.54) is 122 Å². The maximum absolute atomic E-state index is 13.1. The van der Waals surface area contributed by atoms with E-state index in [1.807, 2.05) is 0 Å². The fourth-order valence-corrected chi connectivity index (χ4v) is 9.95. The lowest BCUT2D eigenvalue weighted by atomic mass is 9.97. The lowest BCUT2D eigenvalue weighted by molar-refractivity contribution is -0.359. The number of ether oxygens (including phenoxy) is 4. The maximum atomic E-state index is 13.1. The molecule has 9 N–H and O–H groups in total. The lowest BCUT2D eigenvalue weighted by Crippen LogP contribution is -2.65. The van der Waals surface area contributed by atoms with Crippen LogP contribution in [0.25, 0.3) is 0 Å². The SMILES string of the molecule is CC/C=C\C/C=C\C/C=C\C/C=C\C/C=C\C/C=C\CCCCCCCCCCCCCCCCCCCCCCCCC(=O)NC(COC1OC(CO)C(OC2OC(CO)C(O)C(O)C2O)C(O)C1O)C(O)CCCCC. The van der Waals surface area contributed by atoms with Gasteiger partial charge in [-0.05, 0) is 64.2 Å². The van der Waals surface area contributed by atoms with Gasteiger partial charge in [-0.15, -0.1) is 0 Å². The number of amides is 1. The second kappa shape index (κ2) is 49.1. The first-order chi connectivity index (χ1) is 38.1. The van der Waals surface area contributed by atoms with Crippen molar-refractivity contribution in [3.05, 3.63) is 72.9 Å². The summed E-state index contributed by atoms with van der Waals surface area (Å²) in [6, 6.07) is -0.824. The summed E-state index contributed by atoms with van der Waals surface area (Å²) in [7, 11) is 0. The molecule has 0 aromatic heterocycles. The molecule has 0 aliphatic carbocycles. The smallest absolute Gasteiger partial charge is 0.220 e. The van der Waals surface area contributed by atoms with E-state index >= 15 is 0 Å². The Bertz CT molecular complexity index is 1580. The van der Waals surface area contributed by atoms with Crippen molar-refractivity contribution in [3.8, 4) is 0 Å². The monoisotopic (exact) mass is 1100 g/mol. The summed E-state index contributed by atoms with van der Waals surface area (Å²) in [5.41, 5.74) is 0. The molecule has 2 rings (SSSR count). The predicted octanol–water partition coefficient (Wildman–Crippen LogP) is 11.1. The van der Waals surface area contributed by atoms with Gasteiger partial charge in [0.25, 0.3) is 0 Å². The molecule has 12 atom stereocenters. The first-order valence-electron chi connectivity index (χ1n) is 31.2. The average Bonchev–Trinajstić information content (AvgIpc) is 3.44. The van der Waals surface area contributed by atoms with E-state index in [1.54, 1.807) is 0 Å². The Balaban J connectivity index is 1.43. The molecule has 14 heteroatoms. The van der Waals surface area contributed by atoms with E-state index < -0.39 is 86.8 Å². The summed E-state index contributed by atoms with van der Waals surface area (Å²) >= 11 is 0. The minimum atomic E-state index is -1.78. The Morgan fingerprint density at radius 1 is 0.474 bits per heavy atom. The number of carbonyl (C=O) groups is 1. The highest BCUT2D eigenvalue weighted by atomic mass is 16.7. The Kier molecular flexibility index (Phi) is 45.0. The molecule has 78 heavy (non-hydrogen) atoms. The number of aliphatic hydroxyl groups is 8. The fourth-order valence-electron chi connectivity index (χ4n) is 9.95. The molecule has 0 bridgehead atoms. The second-order valence-electron chi connectivity index (χ2n) is 21.8. The van der Waals surface area contributed by atoms with E-state index in [4.69, 9.17) is 18.9 Å². The molecule has 1 amide bonds. The Hall–Kier alpha value is -2.57. The number of allylic oxidation sites excluding steroid dienone is 12. The van der Waals surface area contributed by atoms with Crippen molar-refractivity contribution in [2.24, 2.45) is 0 Å². The second-order valence-corrected chi connectivity index (χ2v) is 21.8. The van der Waals surface area contributed by atoms with E-state index in [0.29, 0.717) is 12.8 Å². The zero-order valence-corrected chi connectivity index (χ0v) is 48.6. The Morgan fingerprint density at radius 3 is 1.33 bits per heavy atom. The molecular formula is C64H113NO13. The molecule has 0 aromatic carbocycles. The highest BCUT2D eigenvalue weighted by Gasteiger charge is 2.51. The van der Waals surface area contributed by atoms with Crippen molar-refractivity contribution in [1.82, 2.24) is 5.32 Å². The normalized spacial score (nSPS) is 25.1. The van der Waals surface area contributed by atoms with Crippen LogP contribution in [0.15, 0.2) is 72.9 Å². The van der Waals surface area contributed by atoms with Crippen LogP contribution in [0.2, 0.25) is 0 Å². The summed E-state index contributed by atoms with van der Waals surface area (Å²) < 4.78 is 22.6. The van der Waals surface area contributed by atoms with Gasteiger partial charge >= 0.3 is 0 Å². The quantitative estimate of drug-likeness (QED) is 0.0204. The van der Waals surface area contributed by atoms with Crippen molar-refractivity contribution in [2.45, 2.75) is 306 Å². The molecule has 2 saturated heterocycles. The number of hydrogen-bond donors (Lipinski definition) is 9. The third-order valence-electron chi connectivity index (χ3n) is 14.9. The van der Waals surface area contributed by atoms with E-state index in [9.17, 15) is 45.6 Å². The van der Waals surface area contributed by atoms with E-state index in [0.717, 1.165) is 83.5 Å². The van der Waals surface area contributed by atoms with Crippen molar-refractivity contribution in [1.29, 1.82) is 0 Å². The number of unbranched alkanes of at least 4 members (excludes halogenated alkanes) is 24. The van der Waals surface area contributed by atoms with Crippen LogP contribution >= 0.6 is 0 Å². The molecule has 2 heterocycles. The van der Waals surface area contributed by atoms with Gasteiger partial charge in [-0.3, -0.25) is 4.79 Å². The predicted molar refractivity (Wildman–Crippen MR) is 313 cm³/mol. The highest BCUT2D eigenvalue weighted by molar-refractivity contribution is 5.76. The topological polar surface area (TPSA) is 228 Å². The lowest BCUT2D eigenvalue weighted by Gasteiger charge is -2.46. The first-order valence-corrected chi connectivity index (χ1v) is 31.2.